The second-order valence-corrected chi connectivity index (χ2v) is 6.12. The van der Waals surface area contributed by atoms with Crippen molar-refractivity contribution in [3.05, 3.63) is 66.1 Å². The van der Waals surface area contributed by atoms with Gasteiger partial charge in [-0.15, -0.1) is 0 Å². The van der Waals surface area contributed by atoms with E-state index < -0.39 is 0 Å². The lowest BCUT2D eigenvalue weighted by molar-refractivity contribution is 1.10. The number of rotatable bonds is 5. The van der Waals surface area contributed by atoms with Crippen LogP contribution in [0.3, 0.4) is 0 Å². The summed E-state index contributed by atoms with van der Waals surface area (Å²) in [7, 11) is 0. The molecule has 130 valence electrons. The summed E-state index contributed by atoms with van der Waals surface area (Å²) in [4.78, 5) is 16.3. The van der Waals surface area contributed by atoms with Gasteiger partial charge in [-0.1, -0.05) is 25.1 Å². The zero-order chi connectivity index (χ0) is 17.9. The molecule has 6 nitrogen and oxygen atoms in total. The van der Waals surface area contributed by atoms with Gasteiger partial charge in [-0.25, -0.2) is 15.0 Å². The van der Waals surface area contributed by atoms with Crippen LogP contribution in [0.5, 0.6) is 0 Å². The Labute approximate surface area is 151 Å². The predicted molar refractivity (Wildman–Crippen MR) is 105 cm³/mol. The van der Waals surface area contributed by atoms with Gasteiger partial charge in [0.15, 0.2) is 0 Å². The minimum Gasteiger partial charge on any atom is -0.340 e. The van der Waals surface area contributed by atoms with Crippen molar-refractivity contribution in [2.45, 2.75) is 20.3 Å². The van der Waals surface area contributed by atoms with Crippen LogP contribution < -0.4 is 10.6 Å². The second kappa shape index (κ2) is 6.84. The number of hydrogen-bond donors (Lipinski definition) is 3. The highest BCUT2D eigenvalue weighted by atomic mass is 15.1. The molecule has 2 heterocycles. The largest absolute Gasteiger partial charge is 0.340 e. The first-order chi connectivity index (χ1) is 12.7. The smallest absolute Gasteiger partial charge is 0.205 e. The van der Waals surface area contributed by atoms with Crippen LogP contribution in [0.15, 0.2) is 54.9 Å². The molecule has 3 N–H and O–H groups in total. The first-order valence-electron chi connectivity index (χ1n) is 8.61. The summed E-state index contributed by atoms with van der Waals surface area (Å²) in [5.41, 5.74) is 6.07. The van der Waals surface area contributed by atoms with Crippen molar-refractivity contribution in [3.8, 4) is 0 Å². The zero-order valence-electron chi connectivity index (χ0n) is 14.7. The van der Waals surface area contributed by atoms with Gasteiger partial charge in [-0.3, -0.25) is 0 Å². The Kier molecular flexibility index (Phi) is 4.23. The van der Waals surface area contributed by atoms with Gasteiger partial charge in [0, 0.05) is 23.1 Å². The highest BCUT2D eigenvalue weighted by Crippen LogP contribution is 2.27. The van der Waals surface area contributed by atoms with Gasteiger partial charge in [0.1, 0.15) is 12.1 Å². The fraction of sp³-hybridized carbons (Fsp3) is 0.150. The lowest BCUT2D eigenvalue weighted by atomic mass is 10.1. The van der Waals surface area contributed by atoms with Crippen LogP contribution in [0.2, 0.25) is 0 Å². The van der Waals surface area contributed by atoms with Crippen LogP contribution >= 0.6 is 0 Å². The molecule has 4 rings (SSSR count). The van der Waals surface area contributed by atoms with Gasteiger partial charge in [0.2, 0.25) is 5.95 Å². The average molecular weight is 344 g/mol. The molecule has 0 bridgehead atoms. The maximum atomic E-state index is 4.60. The van der Waals surface area contributed by atoms with E-state index in [4.69, 9.17) is 0 Å². The van der Waals surface area contributed by atoms with Gasteiger partial charge >= 0.3 is 0 Å². The number of aromatic amines is 1. The lowest BCUT2D eigenvalue weighted by Crippen LogP contribution is -2.00. The topological polar surface area (TPSA) is 78.5 Å². The van der Waals surface area contributed by atoms with Gasteiger partial charge in [0.25, 0.3) is 0 Å². The van der Waals surface area contributed by atoms with Crippen molar-refractivity contribution in [1.82, 2.24) is 19.9 Å². The van der Waals surface area contributed by atoms with Crippen LogP contribution in [0.25, 0.3) is 11.0 Å². The summed E-state index contributed by atoms with van der Waals surface area (Å²) in [6.45, 7) is 4.08. The Hall–Kier alpha value is -3.41. The molecule has 2 aromatic carbocycles. The molecule has 0 atom stereocenters. The molecule has 2 aromatic heterocycles. The molecule has 0 saturated carbocycles. The number of aryl methyl sites for hydroxylation is 2. The van der Waals surface area contributed by atoms with E-state index in [-0.39, 0.29) is 0 Å². The number of imidazole rings is 1. The number of nitrogens with zero attached hydrogens (tertiary/aromatic N) is 3. The molecule has 4 aromatic rings. The number of nitrogens with one attached hydrogen (secondary N) is 3. The molecule has 6 heteroatoms. The summed E-state index contributed by atoms with van der Waals surface area (Å²) in [6.07, 6.45) is 2.49. The molecule has 0 saturated heterocycles. The quantitative estimate of drug-likeness (QED) is 0.488. The number of H-pyrrole nitrogens is 1. The number of hydrogen-bond acceptors (Lipinski definition) is 5. The van der Waals surface area contributed by atoms with Gasteiger partial charge in [0.05, 0.1) is 11.0 Å². The molecular formula is C20H20N6. The third-order valence-electron chi connectivity index (χ3n) is 4.21. The van der Waals surface area contributed by atoms with Gasteiger partial charge < -0.3 is 15.6 Å². The highest BCUT2D eigenvalue weighted by molar-refractivity contribution is 5.79. The molecule has 0 aliphatic heterocycles. The Morgan fingerprint density at radius 1 is 1.00 bits per heavy atom. The van der Waals surface area contributed by atoms with E-state index in [0.717, 1.165) is 46.3 Å². The van der Waals surface area contributed by atoms with Crippen LogP contribution in [0, 0.1) is 6.92 Å². The molecule has 0 unspecified atom stereocenters. The number of anilines is 4. The van der Waals surface area contributed by atoms with Crippen molar-refractivity contribution in [3.63, 3.8) is 0 Å². The molecule has 0 spiro atoms. The Bertz CT molecular complexity index is 1020. The first-order valence-corrected chi connectivity index (χ1v) is 8.61. The van der Waals surface area contributed by atoms with E-state index in [9.17, 15) is 0 Å². The Morgan fingerprint density at radius 2 is 1.88 bits per heavy atom. The third kappa shape index (κ3) is 3.35. The molecule has 0 aliphatic carbocycles. The van der Waals surface area contributed by atoms with Gasteiger partial charge in [-0.2, -0.15) is 0 Å². The fourth-order valence-corrected chi connectivity index (χ4v) is 2.89. The monoisotopic (exact) mass is 344 g/mol. The SMILES string of the molecule is CCc1ccc(Nc2cc(C)ncn2)cc1Nc1nc2ccccc2[nH]1. The molecule has 0 radical (unpaired) electrons. The molecule has 0 aliphatic rings. The summed E-state index contributed by atoms with van der Waals surface area (Å²) in [5.74, 6) is 1.51. The van der Waals surface area contributed by atoms with E-state index in [2.05, 4.69) is 55.7 Å². The van der Waals surface area contributed by atoms with Crippen LogP contribution in [0.1, 0.15) is 18.2 Å². The van der Waals surface area contributed by atoms with E-state index in [1.165, 1.54) is 5.56 Å². The standard InChI is InChI=1S/C20H20N6/c1-3-14-8-9-15(23-19-10-13(2)21-12-22-19)11-18(14)26-20-24-16-6-4-5-7-17(16)25-20/h4-12H,3H2,1-2H3,(H,21,22,23)(H2,24,25,26). The second-order valence-electron chi connectivity index (χ2n) is 6.12. The summed E-state index contributed by atoms with van der Waals surface area (Å²) in [5, 5.41) is 6.74. The average Bonchev–Trinajstić information content (AvgIpc) is 3.04. The highest BCUT2D eigenvalue weighted by Gasteiger charge is 2.07. The van der Waals surface area contributed by atoms with Crippen LogP contribution in [-0.2, 0) is 6.42 Å². The molecule has 0 amide bonds. The normalized spacial score (nSPS) is 10.8. The number of aromatic nitrogens is 4. The minimum atomic E-state index is 0.732. The molecule has 26 heavy (non-hydrogen) atoms. The predicted octanol–water partition coefficient (Wildman–Crippen LogP) is 4.71. The number of fused-ring (bicyclic) bond motifs is 1. The van der Waals surface area contributed by atoms with Gasteiger partial charge in [-0.05, 0) is 43.2 Å². The maximum absolute atomic E-state index is 4.60. The summed E-state index contributed by atoms with van der Waals surface area (Å²) in [6, 6.07) is 16.1. The van der Waals surface area contributed by atoms with Crippen LogP contribution in [0.4, 0.5) is 23.1 Å². The summed E-state index contributed by atoms with van der Waals surface area (Å²) >= 11 is 0. The lowest BCUT2D eigenvalue weighted by Gasteiger charge is -2.12. The molecular weight excluding hydrogens is 324 g/mol. The summed E-state index contributed by atoms with van der Waals surface area (Å²) < 4.78 is 0. The maximum Gasteiger partial charge on any atom is 0.205 e. The van der Waals surface area contributed by atoms with Crippen molar-refractivity contribution in [2.75, 3.05) is 10.6 Å². The van der Waals surface area contributed by atoms with E-state index in [0.29, 0.717) is 0 Å². The third-order valence-corrected chi connectivity index (χ3v) is 4.21. The Morgan fingerprint density at radius 3 is 2.69 bits per heavy atom. The van der Waals surface area contributed by atoms with Crippen molar-refractivity contribution in [2.24, 2.45) is 0 Å². The van der Waals surface area contributed by atoms with Crippen molar-refractivity contribution >= 4 is 34.2 Å². The number of benzene rings is 2. The number of para-hydroxylation sites is 2. The van der Waals surface area contributed by atoms with Crippen molar-refractivity contribution in [1.29, 1.82) is 0 Å². The zero-order valence-corrected chi connectivity index (χ0v) is 14.7. The van der Waals surface area contributed by atoms with Crippen molar-refractivity contribution < 1.29 is 0 Å². The van der Waals surface area contributed by atoms with E-state index in [1.807, 2.05) is 37.3 Å². The van der Waals surface area contributed by atoms with E-state index in [1.54, 1.807) is 6.33 Å². The Balaban J connectivity index is 1.63. The first kappa shape index (κ1) is 16.1. The minimum absolute atomic E-state index is 0.732. The molecule has 0 fully saturated rings. The van der Waals surface area contributed by atoms with E-state index >= 15 is 0 Å². The fourth-order valence-electron chi connectivity index (χ4n) is 2.89. The van der Waals surface area contributed by atoms with Crippen LogP contribution in [-0.4, -0.2) is 19.9 Å².